The normalized spacial score (nSPS) is 11.3. The van der Waals surface area contributed by atoms with E-state index in [1.54, 1.807) is 0 Å². The summed E-state index contributed by atoms with van der Waals surface area (Å²) in [5.74, 6) is 0.697. The van der Waals surface area contributed by atoms with Crippen LogP contribution in [0.25, 0.3) is 17.1 Å². The predicted octanol–water partition coefficient (Wildman–Crippen LogP) is 4.57. The van der Waals surface area contributed by atoms with Crippen molar-refractivity contribution in [3.63, 3.8) is 0 Å². The van der Waals surface area contributed by atoms with Crippen molar-refractivity contribution in [2.24, 2.45) is 5.10 Å². The summed E-state index contributed by atoms with van der Waals surface area (Å²) in [6, 6.07) is 29.5. The molecule has 3 aromatic carbocycles. The monoisotopic (exact) mass is 427 g/mol. The molecule has 0 bridgehead atoms. The Bertz CT molecular complexity index is 1170. The predicted molar refractivity (Wildman–Crippen MR) is 124 cm³/mol. The molecule has 0 atom stereocenters. The third-order valence-corrected chi connectivity index (χ3v) is 5.48. The van der Waals surface area contributed by atoms with Gasteiger partial charge in [-0.15, -0.1) is 10.2 Å². The first-order valence-corrected chi connectivity index (χ1v) is 10.8. The van der Waals surface area contributed by atoms with Crippen LogP contribution < -0.4 is 5.43 Å². The van der Waals surface area contributed by atoms with Crippen LogP contribution in [0, 0.1) is 0 Å². The van der Waals surface area contributed by atoms with E-state index in [0.29, 0.717) is 5.16 Å². The Labute approximate surface area is 185 Å². The van der Waals surface area contributed by atoms with Gasteiger partial charge in [0.15, 0.2) is 11.0 Å². The fourth-order valence-corrected chi connectivity index (χ4v) is 3.74. The van der Waals surface area contributed by atoms with Crippen molar-refractivity contribution in [3.8, 4) is 17.1 Å². The van der Waals surface area contributed by atoms with E-state index >= 15 is 0 Å². The molecule has 0 saturated carbocycles. The summed E-state index contributed by atoms with van der Waals surface area (Å²) in [6.45, 7) is 1.86. The Kier molecular flexibility index (Phi) is 6.54. The Morgan fingerprint density at radius 2 is 1.52 bits per heavy atom. The fraction of sp³-hybridized carbons (Fsp3) is 0.0833. The summed E-state index contributed by atoms with van der Waals surface area (Å²) in [5, 5.41) is 13.6. The lowest BCUT2D eigenvalue weighted by atomic mass is 10.1. The lowest BCUT2D eigenvalue weighted by Gasteiger charge is -2.10. The van der Waals surface area contributed by atoms with Gasteiger partial charge in [0, 0.05) is 11.3 Å². The zero-order chi connectivity index (χ0) is 21.5. The van der Waals surface area contributed by atoms with Crippen LogP contribution in [0.5, 0.6) is 0 Å². The maximum atomic E-state index is 12.4. The zero-order valence-corrected chi connectivity index (χ0v) is 17.8. The number of nitrogens with zero attached hydrogens (tertiary/aromatic N) is 4. The van der Waals surface area contributed by atoms with Crippen LogP contribution in [0.2, 0.25) is 0 Å². The first-order valence-electron chi connectivity index (χ1n) is 9.80. The quantitative estimate of drug-likeness (QED) is 0.266. The summed E-state index contributed by atoms with van der Waals surface area (Å²) < 4.78 is 1.96. The van der Waals surface area contributed by atoms with Gasteiger partial charge in [-0.25, -0.2) is 5.43 Å². The molecule has 31 heavy (non-hydrogen) atoms. The highest BCUT2D eigenvalue weighted by Crippen LogP contribution is 2.27. The molecule has 0 saturated heterocycles. The van der Waals surface area contributed by atoms with E-state index in [9.17, 15) is 4.79 Å². The largest absolute Gasteiger partial charge is 0.272 e. The molecular formula is C24H21N5OS. The van der Waals surface area contributed by atoms with Crippen molar-refractivity contribution in [1.82, 2.24) is 20.2 Å². The molecule has 1 aromatic heterocycles. The van der Waals surface area contributed by atoms with Gasteiger partial charge in [0.05, 0.1) is 11.5 Å². The standard InChI is InChI=1S/C24H21N5OS/c1-18(19-11-5-2-6-12-19)25-26-22(30)17-31-24-28-27-23(20-13-7-3-8-14-20)29(24)21-15-9-4-10-16-21/h2-16H,17H2,1H3,(H,26,30)/b25-18-. The highest BCUT2D eigenvalue weighted by Gasteiger charge is 2.17. The molecule has 0 spiro atoms. The maximum Gasteiger partial charge on any atom is 0.250 e. The summed E-state index contributed by atoms with van der Waals surface area (Å²) in [7, 11) is 0. The van der Waals surface area contributed by atoms with Gasteiger partial charge < -0.3 is 0 Å². The minimum Gasteiger partial charge on any atom is -0.272 e. The van der Waals surface area contributed by atoms with Gasteiger partial charge in [-0.3, -0.25) is 9.36 Å². The number of amides is 1. The highest BCUT2D eigenvalue weighted by molar-refractivity contribution is 7.99. The van der Waals surface area contributed by atoms with Gasteiger partial charge in [0.2, 0.25) is 0 Å². The first-order chi connectivity index (χ1) is 15.2. The second kappa shape index (κ2) is 9.86. The summed E-state index contributed by atoms with van der Waals surface area (Å²) in [4.78, 5) is 12.4. The third kappa shape index (κ3) is 5.07. The van der Waals surface area contributed by atoms with Crippen LogP contribution in [-0.2, 0) is 4.79 Å². The lowest BCUT2D eigenvalue weighted by Crippen LogP contribution is -2.21. The Morgan fingerprint density at radius 1 is 0.903 bits per heavy atom. The average molecular weight is 428 g/mol. The minimum atomic E-state index is -0.204. The number of aromatic nitrogens is 3. The Balaban J connectivity index is 1.51. The van der Waals surface area contributed by atoms with Gasteiger partial charge >= 0.3 is 0 Å². The number of benzene rings is 3. The molecule has 154 valence electrons. The molecule has 7 heteroatoms. The number of nitrogens with one attached hydrogen (secondary N) is 1. The van der Waals surface area contributed by atoms with E-state index in [-0.39, 0.29) is 11.7 Å². The van der Waals surface area contributed by atoms with E-state index < -0.39 is 0 Å². The van der Waals surface area contributed by atoms with Crippen molar-refractivity contribution >= 4 is 23.4 Å². The third-order valence-electron chi connectivity index (χ3n) is 4.55. The number of carbonyl (C=O) groups is 1. The molecule has 0 radical (unpaired) electrons. The van der Waals surface area contributed by atoms with Crippen LogP contribution in [0.1, 0.15) is 12.5 Å². The van der Waals surface area contributed by atoms with Crippen LogP contribution in [0.4, 0.5) is 0 Å². The topological polar surface area (TPSA) is 72.2 Å². The van der Waals surface area contributed by atoms with Crippen molar-refractivity contribution in [1.29, 1.82) is 0 Å². The molecule has 4 rings (SSSR count). The van der Waals surface area contributed by atoms with Gasteiger partial charge in [0.1, 0.15) is 0 Å². The Hall–Kier alpha value is -3.71. The maximum absolute atomic E-state index is 12.4. The molecule has 0 fully saturated rings. The van der Waals surface area contributed by atoms with Gasteiger partial charge in [-0.05, 0) is 24.6 Å². The second-order valence-electron chi connectivity index (χ2n) is 6.73. The number of hydrazone groups is 1. The zero-order valence-electron chi connectivity index (χ0n) is 17.0. The summed E-state index contributed by atoms with van der Waals surface area (Å²) in [5.41, 5.74) is 6.23. The Morgan fingerprint density at radius 3 is 2.19 bits per heavy atom. The summed E-state index contributed by atoms with van der Waals surface area (Å²) >= 11 is 1.32. The van der Waals surface area contributed by atoms with Gasteiger partial charge in [0.25, 0.3) is 5.91 Å². The van der Waals surface area contributed by atoms with E-state index in [0.717, 1.165) is 28.4 Å². The average Bonchev–Trinajstić information content (AvgIpc) is 3.27. The smallest absolute Gasteiger partial charge is 0.250 e. The van der Waals surface area contributed by atoms with E-state index in [1.165, 1.54) is 11.8 Å². The van der Waals surface area contributed by atoms with Crippen molar-refractivity contribution in [2.45, 2.75) is 12.1 Å². The molecule has 6 nitrogen and oxygen atoms in total. The molecule has 0 aliphatic rings. The molecule has 1 amide bonds. The molecule has 1 N–H and O–H groups in total. The highest BCUT2D eigenvalue weighted by atomic mass is 32.2. The number of thioether (sulfide) groups is 1. The molecule has 0 aliphatic carbocycles. The van der Waals surface area contributed by atoms with Crippen molar-refractivity contribution < 1.29 is 4.79 Å². The number of hydrogen-bond donors (Lipinski definition) is 1. The number of hydrogen-bond acceptors (Lipinski definition) is 5. The van der Waals surface area contributed by atoms with Crippen LogP contribution >= 0.6 is 11.8 Å². The molecule has 4 aromatic rings. The van der Waals surface area contributed by atoms with E-state index in [1.807, 2.05) is 102 Å². The van der Waals surface area contributed by atoms with E-state index in [4.69, 9.17) is 0 Å². The van der Waals surface area contributed by atoms with Crippen LogP contribution in [0.15, 0.2) is 101 Å². The van der Waals surface area contributed by atoms with E-state index in [2.05, 4.69) is 20.7 Å². The van der Waals surface area contributed by atoms with Crippen molar-refractivity contribution in [3.05, 3.63) is 96.6 Å². The fourth-order valence-electron chi connectivity index (χ4n) is 3.00. The molecule has 0 unspecified atom stereocenters. The molecule has 1 heterocycles. The molecular weight excluding hydrogens is 406 g/mol. The second-order valence-corrected chi connectivity index (χ2v) is 7.67. The van der Waals surface area contributed by atoms with Crippen molar-refractivity contribution in [2.75, 3.05) is 5.75 Å². The summed E-state index contributed by atoms with van der Waals surface area (Å²) in [6.07, 6.45) is 0. The number of carbonyl (C=O) groups excluding carboxylic acids is 1. The first kappa shape index (κ1) is 20.6. The SMILES string of the molecule is C/C(=N/NC(=O)CSc1nnc(-c2ccccc2)n1-c1ccccc1)c1ccccc1. The number of rotatable bonds is 7. The van der Waals surface area contributed by atoms with Gasteiger partial charge in [-0.1, -0.05) is 90.6 Å². The van der Waals surface area contributed by atoms with Crippen LogP contribution in [-0.4, -0.2) is 32.1 Å². The minimum absolute atomic E-state index is 0.172. The molecule has 0 aliphatic heterocycles. The van der Waals surface area contributed by atoms with Gasteiger partial charge in [-0.2, -0.15) is 5.10 Å². The lowest BCUT2D eigenvalue weighted by molar-refractivity contribution is -0.118. The number of para-hydroxylation sites is 1. The van der Waals surface area contributed by atoms with Crippen LogP contribution in [0.3, 0.4) is 0 Å².